The van der Waals surface area contributed by atoms with Crippen molar-refractivity contribution in [2.75, 3.05) is 32.8 Å². The van der Waals surface area contributed by atoms with Gasteiger partial charge < -0.3 is 15.3 Å². The summed E-state index contributed by atoms with van der Waals surface area (Å²) in [5, 5.41) is 13.3. The number of likely N-dealkylation sites (tertiary alicyclic amines) is 1. The van der Waals surface area contributed by atoms with Crippen molar-refractivity contribution in [1.29, 1.82) is 0 Å². The van der Waals surface area contributed by atoms with Crippen molar-refractivity contribution in [3.63, 3.8) is 0 Å². The minimum atomic E-state index is 0.375. The van der Waals surface area contributed by atoms with Crippen LogP contribution in [0.5, 0.6) is 0 Å². The standard InChI is InChI=1S/C18H34N2O/c1-15-4-2-8-18(10-15,13-19-17-6-7-17)14-20-9-3-5-16(11-20)12-21/h15-17,19,21H,2-14H2,1H3. The molecule has 1 saturated heterocycles. The Labute approximate surface area is 130 Å². The van der Waals surface area contributed by atoms with Gasteiger partial charge in [-0.2, -0.15) is 0 Å². The third kappa shape index (κ3) is 4.43. The lowest BCUT2D eigenvalue weighted by Crippen LogP contribution is -2.49. The highest BCUT2D eigenvalue weighted by molar-refractivity contribution is 4.93. The zero-order valence-corrected chi connectivity index (χ0v) is 13.8. The average molecular weight is 294 g/mol. The van der Waals surface area contributed by atoms with Crippen LogP contribution in [0.3, 0.4) is 0 Å². The molecule has 3 rings (SSSR count). The topological polar surface area (TPSA) is 35.5 Å². The molecule has 3 heteroatoms. The largest absolute Gasteiger partial charge is 0.396 e. The maximum absolute atomic E-state index is 9.47. The van der Waals surface area contributed by atoms with Crippen LogP contribution in [0, 0.1) is 17.3 Å². The molecule has 3 fully saturated rings. The summed E-state index contributed by atoms with van der Waals surface area (Å²) >= 11 is 0. The second-order valence-corrected chi connectivity index (χ2v) is 8.28. The molecule has 2 saturated carbocycles. The van der Waals surface area contributed by atoms with E-state index in [0.717, 1.165) is 18.5 Å². The number of nitrogens with zero attached hydrogens (tertiary/aromatic N) is 1. The molecule has 122 valence electrons. The van der Waals surface area contributed by atoms with Crippen LogP contribution in [0.1, 0.15) is 58.3 Å². The van der Waals surface area contributed by atoms with Crippen molar-refractivity contribution in [2.45, 2.75) is 64.3 Å². The zero-order chi connectivity index (χ0) is 14.7. The summed E-state index contributed by atoms with van der Waals surface area (Å²) in [5.74, 6) is 1.41. The molecule has 0 radical (unpaired) electrons. The highest BCUT2D eigenvalue weighted by Crippen LogP contribution is 2.40. The van der Waals surface area contributed by atoms with E-state index in [2.05, 4.69) is 17.1 Å². The number of aliphatic hydroxyl groups is 1. The van der Waals surface area contributed by atoms with E-state index in [-0.39, 0.29) is 0 Å². The molecule has 0 spiro atoms. The lowest BCUT2D eigenvalue weighted by atomic mass is 9.69. The van der Waals surface area contributed by atoms with Crippen LogP contribution < -0.4 is 5.32 Å². The van der Waals surface area contributed by atoms with Gasteiger partial charge >= 0.3 is 0 Å². The van der Waals surface area contributed by atoms with E-state index < -0.39 is 0 Å². The van der Waals surface area contributed by atoms with Gasteiger partial charge in [0.25, 0.3) is 0 Å². The summed E-state index contributed by atoms with van der Waals surface area (Å²) in [6.07, 6.45) is 10.9. The number of rotatable bonds is 6. The highest BCUT2D eigenvalue weighted by atomic mass is 16.3. The normalized spacial score (nSPS) is 38.6. The van der Waals surface area contributed by atoms with Crippen molar-refractivity contribution < 1.29 is 5.11 Å². The van der Waals surface area contributed by atoms with E-state index in [4.69, 9.17) is 0 Å². The maximum Gasteiger partial charge on any atom is 0.0471 e. The van der Waals surface area contributed by atoms with E-state index in [0.29, 0.717) is 17.9 Å². The van der Waals surface area contributed by atoms with Gasteiger partial charge in [-0.3, -0.25) is 0 Å². The predicted molar refractivity (Wildman–Crippen MR) is 87.3 cm³/mol. The van der Waals surface area contributed by atoms with Crippen LogP contribution in [0.2, 0.25) is 0 Å². The van der Waals surface area contributed by atoms with Gasteiger partial charge in [0.1, 0.15) is 0 Å². The Morgan fingerprint density at radius 1 is 1.19 bits per heavy atom. The van der Waals surface area contributed by atoms with Crippen LogP contribution >= 0.6 is 0 Å². The van der Waals surface area contributed by atoms with Gasteiger partial charge in [0, 0.05) is 32.3 Å². The first-order valence-electron chi connectivity index (χ1n) is 9.26. The molecule has 2 aliphatic carbocycles. The van der Waals surface area contributed by atoms with Crippen LogP contribution in [-0.4, -0.2) is 48.8 Å². The molecule has 1 aliphatic heterocycles. The smallest absolute Gasteiger partial charge is 0.0471 e. The van der Waals surface area contributed by atoms with Crippen molar-refractivity contribution in [2.24, 2.45) is 17.3 Å². The van der Waals surface area contributed by atoms with Gasteiger partial charge in [0.05, 0.1) is 0 Å². The van der Waals surface area contributed by atoms with Gasteiger partial charge in [-0.15, -0.1) is 0 Å². The molecule has 0 aromatic carbocycles. The second kappa shape index (κ2) is 6.97. The van der Waals surface area contributed by atoms with E-state index in [1.807, 2.05) is 0 Å². The van der Waals surface area contributed by atoms with Crippen molar-refractivity contribution >= 4 is 0 Å². The molecule has 2 N–H and O–H groups in total. The average Bonchev–Trinajstić information content (AvgIpc) is 3.30. The molecule has 3 aliphatic rings. The Morgan fingerprint density at radius 3 is 2.76 bits per heavy atom. The molecule has 0 bridgehead atoms. The summed E-state index contributed by atoms with van der Waals surface area (Å²) in [6.45, 7) is 7.67. The number of piperidine rings is 1. The molecule has 1 heterocycles. The molecule has 0 aromatic rings. The fourth-order valence-electron chi connectivity index (χ4n) is 4.70. The molecule has 3 nitrogen and oxygen atoms in total. The van der Waals surface area contributed by atoms with E-state index >= 15 is 0 Å². The van der Waals surface area contributed by atoms with Crippen molar-refractivity contribution in [3.05, 3.63) is 0 Å². The van der Waals surface area contributed by atoms with Gasteiger partial charge in [0.2, 0.25) is 0 Å². The Bertz CT molecular complexity index is 331. The molecule has 3 atom stereocenters. The van der Waals surface area contributed by atoms with Crippen LogP contribution in [-0.2, 0) is 0 Å². The molecule has 21 heavy (non-hydrogen) atoms. The van der Waals surface area contributed by atoms with Gasteiger partial charge in [-0.25, -0.2) is 0 Å². The third-order valence-electron chi connectivity index (χ3n) is 5.95. The first-order valence-corrected chi connectivity index (χ1v) is 9.26. The SMILES string of the molecule is CC1CCCC(CNC2CC2)(CN2CCCC(CO)C2)C1. The van der Waals surface area contributed by atoms with Crippen LogP contribution in [0.25, 0.3) is 0 Å². The van der Waals surface area contributed by atoms with E-state index in [9.17, 15) is 5.11 Å². The Balaban J connectivity index is 1.60. The lowest BCUT2D eigenvalue weighted by Gasteiger charge is -2.45. The van der Waals surface area contributed by atoms with Gasteiger partial charge in [0.15, 0.2) is 0 Å². The molecule has 3 unspecified atom stereocenters. The number of hydrogen-bond acceptors (Lipinski definition) is 3. The number of hydrogen-bond donors (Lipinski definition) is 2. The highest BCUT2D eigenvalue weighted by Gasteiger charge is 2.38. The fraction of sp³-hybridized carbons (Fsp3) is 1.00. The minimum Gasteiger partial charge on any atom is -0.396 e. The summed E-state index contributed by atoms with van der Waals surface area (Å²) < 4.78 is 0. The molecular weight excluding hydrogens is 260 g/mol. The second-order valence-electron chi connectivity index (χ2n) is 8.28. The van der Waals surface area contributed by atoms with Gasteiger partial charge in [-0.1, -0.05) is 19.8 Å². The minimum absolute atomic E-state index is 0.375. The quantitative estimate of drug-likeness (QED) is 0.790. The summed E-state index contributed by atoms with van der Waals surface area (Å²) in [7, 11) is 0. The first-order chi connectivity index (χ1) is 10.2. The third-order valence-corrected chi connectivity index (χ3v) is 5.95. The Kier molecular flexibility index (Phi) is 5.23. The number of nitrogens with one attached hydrogen (secondary N) is 1. The van der Waals surface area contributed by atoms with Gasteiger partial charge in [-0.05, 0) is 62.3 Å². The van der Waals surface area contributed by atoms with E-state index in [1.54, 1.807) is 0 Å². The predicted octanol–water partition coefficient (Wildman–Crippen LogP) is 2.64. The Hall–Kier alpha value is -0.120. The Morgan fingerprint density at radius 2 is 2.05 bits per heavy atom. The maximum atomic E-state index is 9.47. The van der Waals surface area contributed by atoms with Crippen LogP contribution in [0.4, 0.5) is 0 Å². The first kappa shape index (κ1) is 15.8. The lowest BCUT2D eigenvalue weighted by molar-refractivity contribution is 0.0452. The summed E-state index contributed by atoms with van der Waals surface area (Å²) in [4.78, 5) is 2.66. The van der Waals surface area contributed by atoms with Crippen molar-refractivity contribution in [1.82, 2.24) is 10.2 Å². The van der Waals surface area contributed by atoms with Crippen molar-refractivity contribution in [3.8, 4) is 0 Å². The summed E-state index contributed by atoms with van der Waals surface area (Å²) in [6, 6.07) is 0.825. The molecular formula is C18H34N2O. The molecule has 0 aromatic heterocycles. The summed E-state index contributed by atoms with van der Waals surface area (Å²) in [5.41, 5.74) is 0.498. The van der Waals surface area contributed by atoms with Crippen LogP contribution in [0.15, 0.2) is 0 Å². The zero-order valence-electron chi connectivity index (χ0n) is 13.8. The monoisotopic (exact) mass is 294 g/mol. The fourth-order valence-corrected chi connectivity index (χ4v) is 4.70. The van der Waals surface area contributed by atoms with E-state index in [1.165, 1.54) is 71.0 Å². The number of aliphatic hydroxyl groups excluding tert-OH is 1. The molecule has 0 amide bonds.